The summed E-state index contributed by atoms with van der Waals surface area (Å²) >= 11 is 0. The van der Waals surface area contributed by atoms with Crippen LogP contribution in [0.25, 0.3) is 0 Å². The zero-order valence-electron chi connectivity index (χ0n) is 13.3. The molecule has 23 heavy (non-hydrogen) atoms. The van der Waals surface area contributed by atoms with E-state index in [0.29, 0.717) is 25.5 Å². The Morgan fingerprint density at radius 2 is 2.00 bits per heavy atom. The number of nitrogens with one attached hydrogen (secondary N) is 2. The van der Waals surface area contributed by atoms with Crippen molar-refractivity contribution >= 4 is 12.1 Å². The van der Waals surface area contributed by atoms with Crippen molar-refractivity contribution in [2.45, 2.75) is 13.5 Å². The van der Waals surface area contributed by atoms with Crippen LogP contribution in [0.15, 0.2) is 42.6 Å². The second-order valence-electron chi connectivity index (χ2n) is 4.21. The molecule has 0 aliphatic carbocycles. The molecule has 7 heteroatoms. The zero-order chi connectivity index (χ0) is 16.9. The van der Waals surface area contributed by atoms with Gasteiger partial charge in [-0.2, -0.15) is 0 Å². The fourth-order valence-corrected chi connectivity index (χ4v) is 1.82. The summed E-state index contributed by atoms with van der Waals surface area (Å²) in [5.74, 6) is 5.86. The maximum Gasteiger partial charge on any atom is 0.221 e. The highest BCUT2D eigenvalue weighted by Gasteiger charge is 2.09. The Morgan fingerprint density at radius 1 is 1.22 bits per heavy atom. The Morgan fingerprint density at radius 3 is 2.57 bits per heavy atom. The van der Waals surface area contributed by atoms with Gasteiger partial charge in [-0.3, -0.25) is 10.2 Å². The Balaban J connectivity index is 0.000000593. The van der Waals surface area contributed by atoms with E-state index in [1.165, 1.54) is 0 Å². The molecule has 4 N–H and O–H groups in total. The largest absolute Gasteiger partial charge is 0.493 e. The lowest BCUT2D eigenvalue weighted by Gasteiger charge is -2.15. The van der Waals surface area contributed by atoms with Gasteiger partial charge in [-0.15, -0.1) is 0 Å². The summed E-state index contributed by atoms with van der Waals surface area (Å²) in [4.78, 5) is 13.1. The molecular formula is C16H22N4O3. The summed E-state index contributed by atoms with van der Waals surface area (Å²) in [5, 5.41) is 3.15. The van der Waals surface area contributed by atoms with E-state index < -0.39 is 0 Å². The van der Waals surface area contributed by atoms with Gasteiger partial charge >= 0.3 is 0 Å². The van der Waals surface area contributed by atoms with Crippen LogP contribution in [0.5, 0.6) is 11.6 Å². The summed E-state index contributed by atoms with van der Waals surface area (Å²) in [6, 6.07) is 11.5. The molecule has 1 amide bonds. The van der Waals surface area contributed by atoms with Gasteiger partial charge in [0.1, 0.15) is 12.4 Å². The van der Waals surface area contributed by atoms with Crippen molar-refractivity contribution in [3.63, 3.8) is 0 Å². The fourth-order valence-electron chi connectivity index (χ4n) is 1.82. The molecule has 0 saturated carbocycles. The number of anilines is 1. The molecule has 0 atom stereocenters. The smallest absolute Gasteiger partial charge is 0.221 e. The topological polar surface area (TPSA) is 98.5 Å². The van der Waals surface area contributed by atoms with Crippen LogP contribution in [0, 0.1) is 0 Å². The molecule has 0 saturated heterocycles. The molecule has 0 fully saturated rings. The van der Waals surface area contributed by atoms with Gasteiger partial charge in [-0.05, 0) is 25.1 Å². The maximum absolute atomic E-state index is 8.94. The predicted octanol–water partition coefficient (Wildman–Crippen LogP) is 1.71. The van der Waals surface area contributed by atoms with Crippen molar-refractivity contribution in [2.24, 2.45) is 5.84 Å². The molecule has 0 unspecified atom stereocenters. The summed E-state index contributed by atoms with van der Waals surface area (Å²) in [7, 11) is 1.88. The van der Waals surface area contributed by atoms with Crippen LogP contribution in [0.4, 0.5) is 5.69 Å². The van der Waals surface area contributed by atoms with Crippen molar-refractivity contribution < 1.29 is 14.3 Å². The van der Waals surface area contributed by atoms with E-state index in [-0.39, 0.29) is 0 Å². The number of hydrazine groups is 1. The maximum atomic E-state index is 8.94. The highest BCUT2D eigenvalue weighted by molar-refractivity contribution is 5.57. The SMILES string of the molecule is CCOc1cccc(NC)c1COc1ccccn1.NNC=O. The van der Waals surface area contributed by atoms with Gasteiger partial charge in [-0.1, -0.05) is 12.1 Å². The van der Waals surface area contributed by atoms with E-state index >= 15 is 0 Å². The molecule has 7 nitrogen and oxygen atoms in total. The van der Waals surface area contributed by atoms with Crippen molar-refractivity contribution in [3.8, 4) is 11.6 Å². The number of amides is 1. The molecule has 0 aliphatic rings. The molecular weight excluding hydrogens is 296 g/mol. The first kappa shape index (κ1) is 18.2. The fraction of sp³-hybridized carbons (Fsp3) is 0.250. The lowest BCUT2D eigenvalue weighted by Crippen LogP contribution is -2.18. The van der Waals surface area contributed by atoms with Gasteiger partial charge in [0.2, 0.25) is 12.3 Å². The first-order valence-corrected chi connectivity index (χ1v) is 7.12. The van der Waals surface area contributed by atoms with E-state index in [2.05, 4.69) is 16.1 Å². The Kier molecular flexibility index (Phi) is 8.62. The Bertz CT molecular complexity index is 579. The van der Waals surface area contributed by atoms with E-state index in [4.69, 9.17) is 14.3 Å². The molecule has 0 spiro atoms. The Hall–Kier alpha value is -2.80. The minimum absolute atomic E-state index is 0.403. The minimum Gasteiger partial charge on any atom is -0.493 e. The Labute approximate surface area is 135 Å². The minimum atomic E-state index is 0.403. The number of aromatic nitrogens is 1. The van der Waals surface area contributed by atoms with Gasteiger partial charge in [-0.25, -0.2) is 10.8 Å². The third-order valence-corrected chi connectivity index (χ3v) is 2.77. The lowest BCUT2D eigenvalue weighted by molar-refractivity contribution is -0.109. The molecule has 1 heterocycles. The number of carbonyl (C=O) groups excluding carboxylic acids is 1. The molecule has 0 aliphatic heterocycles. The summed E-state index contributed by atoms with van der Waals surface area (Å²) in [6.07, 6.45) is 2.11. The van der Waals surface area contributed by atoms with Crippen molar-refractivity contribution in [2.75, 3.05) is 19.0 Å². The summed E-state index contributed by atoms with van der Waals surface area (Å²) < 4.78 is 11.3. The van der Waals surface area contributed by atoms with E-state index in [1.54, 1.807) is 11.6 Å². The average Bonchev–Trinajstić information content (AvgIpc) is 2.61. The average molecular weight is 318 g/mol. The van der Waals surface area contributed by atoms with Crippen LogP contribution >= 0.6 is 0 Å². The van der Waals surface area contributed by atoms with Crippen molar-refractivity contribution in [3.05, 3.63) is 48.2 Å². The van der Waals surface area contributed by atoms with Crippen LogP contribution in [0.3, 0.4) is 0 Å². The quantitative estimate of drug-likeness (QED) is 0.311. The third-order valence-electron chi connectivity index (χ3n) is 2.77. The molecule has 0 radical (unpaired) electrons. The third kappa shape index (κ3) is 6.23. The summed E-state index contributed by atoms with van der Waals surface area (Å²) in [5.41, 5.74) is 3.75. The number of hydrogen-bond donors (Lipinski definition) is 3. The zero-order valence-corrected chi connectivity index (χ0v) is 13.3. The molecule has 1 aromatic carbocycles. The molecule has 2 rings (SSSR count). The second-order valence-corrected chi connectivity index (χ2v) is 4.21. The highest BCUT2D eigenvalue weighted by Crippen LogP contribution is 2.27. The summed E-state index contributed by atoms with van der Waals surface area (Å²) in [6.45, 7) is 3.02. The number of pyridine rings is 1. The molecule has 0 bridgehead atoms. The first-order valence-electron chi connectivity index (χ1n) is 7.12. The number of carbonyl (C=O) groups is 1. The van der Waals surface area contributed by atoms with Crippen LogP contribution in [-0.2, 0) is 11.4 Å². The van der Waals surface area contributed by atoms with E-state index in [1.807, 2.05) is 50.4 Å². The number of hydrogen-bond acceptors (Lipinski definition) is 6. The van der Waals surface area contributed by atoms with Gasteiger partial charge in [0.15, 0.2) is 0 Å². The van der Waals surface area contributed by atoms with Crippen LogP contribution in [-0.4, -0.2) is 25.0 Å². The van der Waals surface area contributed by atoms with Crippen LogP contribution in [0.1, 0.15) is 12.5 Å². The second kappa shape index (κ2) is 10.9. The van der Waals surface area contributed by atoms with Crippen molar-refractivity contribution in [1.82, 2.24) is 10.4 Å². The molecule has 1 aromatic heterocycles. The van der Waals surface area contributed by atoms with E-state index in [0.717, 1.165) is 17.0 Å². The normalized spacial score (nSPS) is 9.17. The standard InChI is InChI=1S/C15H18N2O2.CH4N2O/c1-3-18-14-8-6-7-13(16-2)12(14)11-19-15-9-4-5-10-17-15;2-3-1-4/h4-10,16H,3,11H2,1-2H3;1H,2H2,(H,3,4). The van der Waals surface area contributed by atoms with Gasteiger partial charge in [0, 0.05) is 25.0 Å². The highest BCUT2D eigenvalue weighted by atomic mass is 16.5. The monoisotopic (exact) mass is 318 g/mol. The number of rotatable bonds is 7. The molecule has 2 aromatic rings. The number of nitrogens with zero attached hydrogens (tertiary/aromatic N) is 1. The predicted molar refractivity (Wildman–Crippen MR) is 89.1 cm³/mol. The van der Waals surface area contributed by atoms with Crippen molar-refractivity contribution in [1.29, 1.82) is 0 Å². The van der Waals surface area contributed by atoms with Gasteiger partial charge < -0.3 is 14.8 Å². The lowest BCUT2D eigenvalue weighted by atomic mass is 10.1. The number of nitrogens with two attached hydrogens (primary N) is 1. The van der Waals surface area contributed by atoms with Gasteiger partial charge in [0.05, 0.1) is 12.2 Å². The molecule has 124 valence electrons. The number of benzene rings is 1. The van der Waals surface area contributed by atoms with E-state index in [9.17, 15) is 0 Å². The number of ether oxygens (including phenoxy) is 2. The van der Waals surface area contributed by atoms with Crippen LogP contribution in [0.2, 0.25) is 0 Å². The van der Waals surface area contributed by atoms with Gasteiger partial charge in [0.25, 0.3) is 0 Å². The first-order chi connectivity index (χ1) is 11.3. The van der Waals surface area contributed by atoms with Crippen LogP contribution < -0.4 is 26.1 Å².